The van der Waals surface area contributed by atoms with E-state index in [2.05, 4.69) is 10.1 Å². The van der Waals surface area contributed by atoms with E-state index in [1.165, 1.54) is 0 Å². The van der Waals surface area contributed by atoms with Crippen LogP contribution in [0.15, 0.2) is 18.2 Å². The molecule has 0 spiro atoms. The molecule has 7 nitrogen and oxygen atoms in total. The maximum Gasteiger partial charge on any atom is 0.416 e. The summed E-state index contributed by atoms with van der Waals surface area (Å²) < 4.78 is 72.1. The molecule has 0 aliphatic carbocycles. The first-order chi connectivity index (χ1) is 10.4. The molecule has 0 atom stereocenters. The number of alkyl halides is 3. The molecule has 0 radical (unpaired) electrons. The largest absolute Gasteiger partial charge is 0.426 e. The van der Waals surface area contributed by atoms with Gasteiger partial charge in [-0.15, -0.1) is 0 Å². The van der Waals surface area contributed by atoms with Crippen LogP contribution in [0.2, 0.25) is 0 Å². The fraction of sp³-hybridized carbons (Fsp3) is 0.333. The monoisotopic (exact) mass is 355 g/mol. The van der Waals surface area contributed by atoms with Crippen LogP contribution in [-0.4, -0.2) is 37.1 Å². The number of hydrogen-bond acceptors (Lipinski definition) is 5. The van der Waals surface area contributed by atoms with Gasteiger partial charge < -0.3 is 10.1 Å². The Balaban J connectivity index is 3.04. The summed E-state index contributed by atoms with van der Waals surface area (Å²) in [6.45, 7) is 0.471. The number of amides is 1. The molecule has 2 N–H and O–H groups in total. The Morgan fingerprint density at radius 2 is 1.91 bits per heavy atom. The summed E-state index contributed by atoms with van der Waals surface area (Å²) in [4.78, 5) is 22.8. The molecule has 128 valence electrons. The van der Waals surface area contributed by atoms with Crippen molar-refractivity contribution in [2.24, 2.45) is 0 Å². The molecule has 0 saturated carbocycles. The van der Waals surface area contributed by atoms with Crippen molar-refractivity contribution in [3.05, 3.63) is 29.3 Å². The van der Waals surface area contributed by atoms with Crippen LogP contribution in [0.1, 0.15) is 22.8 Å². The van der Waals surface area contributed by atoms with Gasteiger partial charge in [-0.05, 0) is 18.2 Å². The molecule has 0 bridgehead atoms. The van der Waals surface area contributed by atoms with Crippen molar-refractivity contribution in [3.8, 4) is 5.75 Å². The molecule has 0 aliphatic rings. The van der Waals surface area contributed by atoms with Crippen LogP contribution >= 0.6 is 0 Å². The summed E-state index contributed by atoms with van der Waals surface area (Å²) in [6, 6.07) is 1.90. The molecule has 1 aromatic carbocycles. The molecule has 1 amide bonds. The predicted molar refractivity (Wildman–Crippen MR) is 71.5 cm³/mol. The standard InChI is InChI=1S/C12H12F3NO6S/c1-7(17)22-10-6-8(12(13,14)15)2-3-9(10)11(18)16-4-5-23(19,20)21/h2-3,6H,4-5H2,1H3,(H,16,18)(H,19,20,21). The summed E-state index contributed by atoms with van der Waals surface area (Å²) in [5, 5.41) is 2.08. The fourth-order valence-corrected chi connectivity index (χ4v) is 1.87. The van der Waals surface area contributed by atoms with Crippen molar-refractivity contribution in [2.75, 3.05) is 12.3 Å². The van der Waals surface area contributed by atoms with Gasteiger partial charge in [0.15, 0.2) is 0 Å². The van der Waals surface area contributed by atoms with E-state index in [-0.39, 0.29) is 5.56 Å². The van der Waals surface area contributed by atoms with Gasteiger partial charge >= 0.3 is 12.1 Å². The Morgan fingerprint density at radius 1 is 1.30 bits per heavy atom. The van der Waals surface area contributed by atoms with Crippen molar-refractivity contribution in [1.82, 2.24) is 5.32 Å². The number of halogens is 3. The van der Waals surface area contributed by atoms with Gasteiger partial charge in [0.05, 0.1) is 16.9 Å². The van der Waals surface area contributed by atoms with Gasteiger partial charge in [0.1, 0.15) is 5.75 Å². The van der Waals surface area contributed by atoms with E-state index in [4.69, 9.17) is 4.55 Å². The first-order valence-corrected chi connectivity index (χ1v) is 7.64. The van der Waals surface area contributed by atoms with Crippen molar-refractivity contribution in [2.45, 2.75) is 13.1 Å². The minimum absolute atomic E-state index is 0.386. The van der Waals surface area contributed by atoms with Gasteiger partial charge in [-0.1, -0.05) is 0 Å². The summed E-state index contributed by atoms with van der Waals surface area (Å²) in [5.74, 6) is -3.28. The second-order valence-corrected chi connectivity index (χ2v) is 5.92. The number of rotatable bonds is 5. The molecule has 0 heterocycles. The fourth-order valence-electron chi connectivity index (χ4n) is 1.51. The number of nitrogens with one attached hydrogen (secondary N) is 1. The molecular weight excluding hydrogens is 343 g/mol. The third kappa shape index (κ3) is 6.24. The van der Waals surface area contributed by atoms with E-state index in [0.717, 1.165) is 13.0 Å². The van der Waals surface area contributed by atoms with Crippen molar-refractivity contribution >= 4 is 22.0 Å². The highest BCUT2D eigenvalue weighted by atomic mass is 32.2. The van der Waals surface area contributed by atoms with Gasteiger partial charge in [0.2, 0.25) is 0 Å². The number of carbonyl (C=O) groups excluding carboxylic acids is 2. The van der Waals surface area contributed by atoms with E-state index in [1.54, 1.807) is 0 Å². The maximum atomic E-state index is 12.6. The normalized spacial score (nSPS) is 11.9. The zero-order chi connectivity index (χ0) is 17.8. The second kappa shape index (κ2) is 6.96. The Kier molecular flexibility index (Phi) is 5.72. The average Bonchev–Trinajstić information content (AvgIpc) is 2.35. The molecular formula is C12H12F3NO6S. The molecule has 0 fully saturated rings. The number of hydrogen-bond donors (Lipinski definition) is 2. The predicted octanol–water partition coefficient (Wildman–Crippen LogP) is 1.25. The minimum Gasteiger partial charge on any atom is -0.426 e. The van der Waals surface area contributed by atoms with Crippen LogP contribution in [-0.2, 0) is 21.1 Å². The van der Waals surface area contributed by atoms with Gasteiger partial charge in [-0.2, -0.15) is 21.6 Å². The Bertz CT molecular complexity index is 714. The number of carbonyl (C=O) groups is 2. The van der Waals surface area contributed by atoms with Crippen LogP contribution in [0.25, 0.3) is 0 Å². The summed E-state index contributed by atoms with van der Waals surface area (Å²) in [6.07, 6.45) is -4.70. The van der Waals surface area contributed by atoms with Gasteiger partial charge in [-0.25, -0.2) is 0 Å². The van der Waals surface area contributed by atoms with Crippen LogP contribution in [0.5, 0.6) is 5.75 Å². The molecule has 11 heteroatoms. The van der Waals surface area contributed by atoms with E-state index >= 15 is 0 Å². The lowest BCUT2D eigenvalue weighted by Gasteiger charge is -2.13. The Hall–Kier alpha value is -2.14. The lowest BCUT2D eigenvalue weighted by atomic mass is 10.1. The SMILES string of the molecule is CC(=O)Oc1cc(C(F)(F)F)ccc1C(=O)NCCS(=O)(=O)O. The molecule has 1 aromatic rings. The molecule has 0 aliphatic heterocycles. The zero-order valence-electron chi connectivity index (χ0n) is 11.7. The first kappa shape index (κ1) is 18.9. The number of benzene rings is 1. The van der Waals surface area contributed by atoms with E-state index in [9.17, 15) is 31.2 Å². The third-order valence-corrected chi connectivity index (χ3v) is 3.17. The molecule has 23 heavy (non-hydrogen) atoms. The van der Waals surface area contributed by atoms with Gasteiger partial charge in [0.25, 0.3) is 16.0 Å². The molecule has 0 saturated heterocycles. The highest BCUT2D eigenvalue weighted by Gasteiger charge is 2.32. The average molecular weight is 355 g/mol. The third-order valence-electron chi connectivity index (χ3n) is 2.45. The summed E-state index contributed by atoms with van der Waals surface area (Å²) in [7, 11) is -4.31. The van der Waals surface area contributed by atoms with Crippen molar-refractivity contribution in [3.63, 3.8) is 0 Å². The Morgan fingerprint density at radius 3 is 2.39 bits per heavy atom. The van der Waals surface area contributed by atoms with Crippen LogP contribution in [0, 0.1) is 0 Å². The summed E-state index contributed by atoms with van der Waals surface area (Å²) >= 11 is 0. The molecule has 1 rings (SSSR count). The lowest BCUT2D eigenvalue weighted by Crippen LogP contribution is -2.29. The highest BCUT2D eigenvalue weighted by Crippen LogP contribution is 2.33. The summed E-state index contributed by atoms with van der Waals surface area (Å²) in [5.41, 5.74) is -1.51. The zero-order valence-corrected chi connectivity index (χ0v) is 12.5. The lowest BCUT2D eigenvalue weighted by molar-refractivity contribution is -0.138. The minimum atomic E-state index is -4.70. The van der Waals surface area contributed by atoms with Crippen molar-refractivity contribution < 1.29 is 40.5 Å². The Labute approximate surface area is 129 Å². The van der Waals surface area contributed by atoms with Crippen LogP contribution in [0.4, 0.5) is 13.2 Å². The number of ether oxygens (including phenoxy) is 1. The van der Waals surface area contributed by atoms with Gasteiger partial charge in [0, 0.05) is 13.5 Å². The number of esters is 1. The van der Waals surface area contributed by atoms with E-state index < -0.39 is 51.8 Å². The molecule has 0 unspecified atom stereocenters. The second-order valence-electron chi connectivity index (χ2n) is 4.34. The van der Waals surface area contributed by atoms with Crippen molar-refractivity contribution in [1.29, 1.82) is 0 Å². The van der Waals surface area contributed by atoms with E-state index in [1.807, 2.05) is 0 Å². The van der Waals surface area contributed by atoms with Crippen LogP contribution in [0.3, 0.4) is 0 Å². The van der Waals surface area contributed by atoms with Gasteiger partial charge in [-0.3, -0.25) is 14.1 Å². The maximum absolute atomic E-state index is 12.6. The van der Waals surface area contributed by atoms with Crippen LogP contribution < -0.4 is 10.1 Å². The smallest absolute Gasteiger partial charge is 0.416 e. The first-order valence-electron chi connectivity index (χ1n) is 6.03. The quantitative estimate of drug-likeness (QED) is 0.467. The molecule has 0 aromatic heterocycles. The highest BCUT2D eigenvalue weighted by molar-refractivity contribution is 7.85. The topological polar surface area (TPSA) is 110 Å². The van der Waals surface area contributed by atoms with E-state index in [0.29, 0.717) is 12.1 Å².